The molecular weight excluding hydrogens is 272 g/mol. The molecule has 3 heteroatoms. The van der Waals surface area contributed by atoms with Crippen LogP contribution >= 0.6 is 0 Å². The zero-order valence-corrected chi connectivity index (χ0v) is 12.4. The first kappa shape index (κ1) is 13.3. The number of hydrogen-bond acceptors (Lipinski definition) is 3. The molecule has 0 atom stereocenters. The van der Waals surface area contributed by atoms with Crippen molar-refractivity contribution >= 4 is 16.5 Å². The van der Waals surface area contributed by atoms with Crippen molar-refractivity contribution in [2.24, 2.45) is 0 Å². The highest BCUT2D eigenvalue weighted by molar-refractivity contribution is 5.97. The standard InChI is InChI=1S/C19H18N2O/c1-2-6-16-15(5-1)9-10-20-19(16)17-7-3-4-8-18(17)21-11-13-22-14-12-21/h1-10H,11-14H2. The second kappa shape index (κ2) is 5.78. The van der Waals surface area contributed by atoms with Gasteiger partial charge in [0.05, 0.1) is 18.9 Å². The summed E-state index contributed by atoms with van der Waals surface area (Å²) in [5.41, 5.74) is 3.50. The predicted octanol–water partition coefficient (Wildman–Crippen LogP) is 3.74. The number of benzene rings is 2. The first-order valence-corrected chi connectivity index (χ1v) is 7.69. The summed E-state index contributed by atoms with van der Waals surface area (Å²) in [6.45, 7) is 3.44. The van der Waals surface area contributed by atoms with E-state index in [1.165, 1.54) is 22.0 Å². The molecule has 4 rings (SSSR count). The number of aromatic nitrogens is 1. The summed E-state index contributed by atoms with van der Waals surface area (Å²) in [5.74, 6) is 0. The topological polar surface area (TPSA) is 25.4 Å². The molecule has 22 heavy (non-hydrogen) atoms. The number of anilines is 1. The van der Waals surface area contributed by atoms with Gasteiger partial charge in [-0.3, -0.25) is 4.98 Å². The van der Waals surface area contributed by atoms with E-state index < -0.39 is 0 Å². The van der Waals surface area contributed by atoms with Gasteiger partial charge in [0.25, 0.3) is 0 Å². The molecule has 2 heterocycles. The highest BCUT2D eigenvalue weighted by atomic mass is 16.5. The van der Waals surface area contributed by atoms with E-state index in [4.69, 9.17) is 4.74 Å². The molecule has 0 spiro atoms. The lowest BCUT2D eigenvalue weighted by Gasteiger charge is -2.30. The normalized spacial score (nSPS) is 15.2. The molecule has 0 aliphatic carbocycles. The van der Waals surface area contributed by atoms with Crippen LogP contribution in [0.4, 0.5) is 5.69 Å². The fourth-order valence-electron chi connectivity index (χ4n) is 3.09. The Kier molecular flexibility index (Phi) is 3.49. The molecule has 0 saturated carbocycles. The van der Waals surface area contributed by atoms with Gasteiger partial charge in [-0.15, -0.1) is 0 Å². The molecule has 0 N–H and O–H groups in total. The molecule has 1 aliphatic rings. The van der Waals surface area contributed by atoms with Crippen LogP contribution in [0, 0.1) is 0 Å². The second-order valence-corrected chi connectivity index (χ2v) is 5.50. The van der Waals surface area contributed by atoms with E-state index in [1.54, 1.807) is 0 Å². The zero-order valence-electron chi connectivity index (χ0n) is 12.4. The summed E-state index contributed by atoms with van der Waals surface area (Å²) in [6, 6.07) is 19.0. The van der Waals surface area contributed by atoms with Crippen LogP contribution in [0.2, 0.25) is 0 Å². The Bertz CT molecular complexity index is 789. The number of fused-ring (bicyclic) bond motifs is 1. The molecule has 0 radical (unpaired) electrons. The molecule has 0 bridgehead atoms. The summed E-state index contributed by atoms with van der Waals surface area (Å²) >= 11 is 0. The van der Waals surface area contributed by atoms with Crippen LogP contribution in [0.25, 0.3) is 22.0 Å². The summed E-state index contributed by atoms with van der Waals surface area (Å²) < 4.78 is 5.48. The van der Waals surface area contributed by atoms with Gasteiger partial charge >= 0.3 is 0 Å². The van der Waals surface area contributed by atoms with Crippen molar-refractivity contribution in [1.29, 1.82) is 0 Å². The SMILES string of the molecule is c1ccc(N2CCOCC2)c(-c2nccc3ccccc23)c1. The largest absolute Gasteiger partial charge is 0.378 e. The number of morpholine rings is 1. The van der Waals surface area contributed by atoms with Crippen molar-refractivity contribution in [3.05, 3.63) is 60.8 Å². The summed E-state index contributed by atoms with van der Waals surface area (Å²) in [6.07, 6.45) is 1.90. The smallest absolute Gasteiger partial charge is 0.0801 e. The number of hydrogen-bond donors (Lipinski definition) is 0. The van der Waals surface area contributed by atoms with Crippen molar-refractivity contribution in [2.75, 3.05) is 31.2 Å². The van der Waals surface area contributed by atoms with Gasteiger partial charge in [-0.1, -0.05) is 42.5 Å². The Labute approximate surface area is 130 Å². The maximum absolute atomic E-state index is 5.48. The molecule has 110 valence electrons. The minimum absolute atomic E-state index is 0.789. The van der Waals surface area contributed by atoms with E-state index in [-0.39, 0.29) is 0 Å². The molecule has 1 fully saturated rings. The third-order valence-corrected chi connectivity index (χ3v) is 4.18. The minimum Gasteiger partial charge on any atom is -0.378 e. The van der Waals surface area contributed by atoms with E-state index in [0.29, 0.717) is 0 Å². The van der Waals surface area contributed by atoms with E-state index in [1.807, 2.05) is 6.20 Å². The molecule has 2 aromatic carbocycles. The monoisotopic (exact) mass is 290 g/mol. The van der Waals surface area contributed by atoms with Crippen LogP contribution in [0.3, 0.4) is 0 Å². The molecule has 1 aromatic heterocycles. The average Bonchev–Trinajstić information content (AvgIpc) is 2.62. The lowest BCUT2D eigenvalue weighted by Crippen LogP contribution is -2.36. The predicted molar refractivity (Wildman–Crippen MR) is 90.2 cm³/mol. The van der Waals surface area contributed by atoms with Crippen LogP contribution in [0.15, 0.2) is 60.8 Å². The zero-order chi connectivity index (χ0) is 14.8. The van der Waals surface area contributed by atoms with Crippen LogP contribution < -0.4 is 4.90 Å². The van der Waals surface area contributed by atoms with Gasteiger partial charge in [0, 0.05) is 35.9 Å². The molecule has 3 nitrogen and oxygen atoms in total. The Hall–Kier alpha value is -2.39. The molecular formula is C19H18N2O. The molecule has 1 aliphatic heterocycles. The van der Waals surface area contributed by atoms with Crippen molar-refractivity contribution in [2.45, 2.75) is 0 Å². The first-order chi connectivity index (χ1) is 10.9. The van der Waals surface area contributed by atoms with Crippen LogP contribution in [0.1, 0.15) is 0 Å². The van der Waals surface area contributed by atoms with Crippen molar-refractivity contribution in [3.8, 4) is 11.3 Å². The van der Waals surface area contributed by atoms with Gasteiger partial charge in [0.1, 0.15) is 0 Å². The number of pyridine rings is 1. The number of nitrogens with zero attached hydrogens (tertiary/aromatic N) is 2. The van der Waals surface area contributed by atoms with E-state index in [0.717, 1.165) is 32.0 Å². The highest BCUT2D eigenvalue weighted by Crippen LogP contribution is 2.34. The van der Waals surface area contributed by atoms with E-state index in [2.05, 4.69) is 64.5 Å². The van der Waals surface area contributed by atoms with Crippen LogP contribution in [-0.2, 0) is 4.74 Å². The maximum atomic E-state index is 5.48. The maximum Gasteiger partial charge on any atom is 0.0801 e. The lowest BCUT2D eigenvalue weighted by atomic mass is 10.0. The van der Waals surface area contributed by atoms with Crippen LogP contribution in [-0.4, -0.2) is 31.3 Å². The third kappa shape index (κ3) is 2.34. The Morgan fingerprint density at radius 2 is 1.64 bits per heavy atom. The van der Waals surface area contributed by atoms with E-state index >= 15 is 0 Å². The third-order valence-electron chi connectivity index (χ3n) is 4.18. The van der Waals surface area contributed by atoms with Crippen molar-refractivity contribution in [3.63, 3.8) is 0 Å². The average molecular weight is 290 g/mol. The van der Waals surface area contributed by atoms with E-state index in [9.17, 15) is 0 Å². The van der Waals surface area contributed by atoms with Crippen molar-refractivity contribution in [1.82, 2.24) is 4.98 Å². The first-order valence-electron chi connectivity index (χ1n) is 7.69. The van der Waals surface area contributed by atoms with Gasteiger partial charge in [-0.2, -0.15) is 0 Å². The Morgan fingerprint density at radius 1 is 0.864 bits per heavy atom. The van der Waals surface area contributed by atoms with Crippen molar-refractivity contribution < 1.29 is 4.74 Å². The second-order valence-electron chi connectivity index (χ2n) is 5.50. The van der Waals surface area contributed by atoms with Gasteiger partial charge in [0.15, 0.2) is 0 Å². The minimum atomic E-state index is 0.789. The quantitative estimate of drug-likeness (QED) is 0.719. The van der Waals surface area contributed by atoms with Gasteiger partial charge in [-0.05, 0) is 17.5 Å². The number of rotatable bonds is 2. The van der Waals surface area contributed by atoms with Gasteiger partial charge in [-0.25, -0.2) is 0 Å². The fraction of sp³-hybridized carbons (Fsp3) is 0.211. The highest BCUT2D eigenvalue weighted by Gasteiger charge is 2.17. The Morgan fingerprint density at radius 3 is 2.55 bits per heavy atom. The molecule has 0 amide bonds. The van der Waals surface area contributed by atoms with Crippen LogP contribution in [0.5, 0.6) is 0 Å². The Balaban J connectivity index is 1.88. The molecule has 0 unspecified atom stereocenters. The summed E-state index contributed by atoms with van der Waals surface area (Å²) in [7, 11) is 0. The lowest BCUT2D eigenvalue weighted by molar-refractivity contribution is 0.123. The van der Waals surface area contributed by atoms with Gasteiger partial charge in [0.2, 0.25) is 0 Å². The summed E-state index contributed by atoms with van der Waals surface area (Å²) in [4.78, 5) is 7.07. The summed E-state index contributed by atoms with van der Waals surface area (Å²) in [5, 5.41) is 2.43. The van der Waals surface area contributed by atoms with Gasteiger partial charge < -0.3 is 9.64 Å². The number of ether oxygens (including phenoxy) is 1. The molecule has 3 aromatic rings. The number of para-hydroxylation sites is 1. The fourth-order valence-corrected chi connectivity index (χ4v) is 3.09. The molecule has 1 saturated heterocycles.